The molecule has 0 spiro atoms. The van der Waals surface area contributed by atoms with Crippen molar-refractivity contribution in [2.45, 2.75) is 18.4 Å². The highest BCUT2D eigenvalue weighted by atomic mass is 32.2. The van der Waals surface area contributed by atoms with Gasteiger partial charge in [0.05, 0.1) is 0 Å². The molecule has 0 aromatic heterocycles. The van der Waals surface area contributed by atoms with Crippen LogP contribution in [0.2, 0.25) is 0 Å². The van der Waals surface area contributed by atoms with Crippen LogP contribution >= 0.6 is 11.8 Å². The number of β-lactam (4-membered cyclic amide) rings is 1. The van der Waals surface area contributed by atoms with E-state index in [0.717, 1.165) is 11.8 Å². The third kappa shape index (κ3) is 1.72. The van der Waals surface area contributed by atoms with Gasteiger partial charge in [-0.25, -0.2) is 0 Å². The van der Waals surface area contributed by atoms with Crippen LogP contribution in [0, 0.1) is 0 Å². The normalized spacial score (nSPS) is 29.1. The fourth-order valence-electron chi connectivity index (χ4n) is 0.840. The van der Waals surface area contributed by atoms with Crippen molar-refractivity contribution >= 4 is 22.8 Å². The van der Waals surface area contributed by atoms with Gasteiger partial charge in [-0.3, -0.25) is 9.59 Å². The molecule has 5 heteroatoms. The number of amides is 1. The minimum absolute atomic E-state index is 0.0166. The molecule has 0 aromatic rings. The molecule has 1 fully saturated rings. The zero-order valence-electron chi connectivity index (χ0n) is 6.29. The molecule has 1 rings (SSSR count). The summed E-state index contributed by atoms with van der Waals surface area (Å²) in [5.41, 5.74) is 0. The molecule has 0 radical (unpaired) electrons. The number of thioether (sulfide) groups is 1. The van der Waals surface area contributed by atoms with Gasteiger partial charge >= 0.3 is 0 Å². The third-order valence-corrected chi connectivity index (χ3v) is 2.32. The van der Waals surface area contributed by atoms with E-state index in [1.807, 2.05) is 0 Å². The Kier molecular flexibility index (Phi) is 2.51. The van der Waals surface area contributed by atoms with E-state index in [4.69, 9.17) is 4.74 Å². The van der Waals surface area contributed by atoms with Gasteiger partial charge in [-0.2, -0.15) is 0 Å². The summed E-state index contributed by atoms with van der Waals surface area (Å²) in [6.07, 6.45) is -0.455. The van der Waals surface area contributed by atoms with E-state index in [1.165, 1.54) is 14.0 Å². The van der Waals surface area contributed by atoms with Crippen molar-refractivity contribution in [1.82, 2.24) is 5.32 Å². The Hall–Kier alpha value is -0.550. The molecular weight excluding hydrogens is 166 g/mol. The van der Waals surface area contributed by atoms with Gasteiger partial charge in [-0.1, -0.05) is 11.8 Å². The maximum absolute atomic E-state index is 10.7. The molecule has 0 bridgehead atoms. The molecule has 1 aliphatic heterocycles. The lowest BCUT2D eigenvalue weighted by molar-refractivity contribution is -0.141. The van der Waals surface area contributed by atoms with Crippen LogP contribution < -0.4 is 5.32 Å². The average molecular weight is 175 g/mol. The number of methoxy groups -OCH3 is 1. The fraction of sp³-hybridized carbons (Fsp3) is 0.667. The van der Waals surface area contributed by atoms with Gasteiger partial charge < -0.3 is 10.1 Å². The number of rotatable bonds is 2. The summed E-state index contributed by atoms with van der Waals surface area (Å²) in [6.45, 7) is 1.46. The molecule has 4 nitrogen and oxygen atoms in total. The summed E-state index contributed by atoms with van der Waals surface area (Å²) < 4.78 is 4.83. The molecule has 1 saturated heterocycles. The fourth-order valence-corrected chi connectivity index (χ4v) is 1.73. The second-order valence-electron chi connectivity index (χ2n) is 2.19. The predicted octanol–water partition coefficient (Wildman–Crippen LogP) is -0.263. The van der Waals surface area contributed by atoms with Crippen LogP contribution in [-0.4, -0.2) is 29.6 Å². The summed E-state index contributed by atoms with van der Waals surface area (Å²) in [7, 11) is 1.46. The number of carbonyl (C=O) groups is 2. The molecule has 0 aliphatic carbocycles. The van der Waals surface area contributed by atoms with Crippen molar-refractivity contribution in [2.24, 2.45) is 0 Å². The second-order valence-corrected chi connectivity index (χ2v) is 3.51. The first-order chi connectivity index (χ1) is 5.15. The number of nitrogens with one attached hydrogen (secondary N) is 1. The maximum Gasteiger partial charge on any atom is 0.253 e. The topological polar surface area (TPSA) is 55.4 Å². The molecule has 2 atom stereocenters. The average Bonchev–Trinajstić information content (AvgIpc) is 1.86. The lowest BCUT2D eigenvalue weighted by Gasteiger charge is -2.33. The van der Waals surface area contributed by atoms with Crippen molar-refractivity contribution in [3.8, 4) is 0 Å². The van der Waals surface area contributed by atoms with E-state index in [0.29, 0.717) is 0 Å². The van der Waals surface area contributed by atoms with E-state index >= 15 is 0 Å². The highest BCUT2D eigenvalue weighted by Gasteiger charge is 2.40. The van der Waals surface area contributed by atoms with Gasteiger partial charge in [0, 0.05) is 14.0 Å². The number of hydrogen-bond donors (Lipinski definition) is 1. The molecule has 1 aliphatic rings. The summed E-state index contributed by atoms with van der Waals surface area (Å²) >= 11 is 1.08. The minimum Gasteiger partial charge on any atom is -0.368 e. The van der Waals surface area contributed by atoms with Gasteiger partial charge in [0.15, 0.2) is 11.2 Å². The van der Waals surface area contributed by atoms with Crippen molar-refractivity contribution in [2.75, 3.05) is 7.11 Å². The predicted molar refractivity (Wildman–Crippen MR) is 41.0 cm³/mol. The molecule has 0 aromatic carbocycles. The van der Waals surface area contributed by atoms with E-state index in [2.05, 4.69) is 5.32 Å². The third-order valence-electron chi connectivity index (χ3n) is 1.36. The summed E-state index contributed by atoms with van der Waals surface area (Å²) in [5.74, 6) is -0.147. The van der Waals surface area contributed by atoms with Gasteiger partial charge in [0.1, 0.15) is 5.37 Å². The highest BCUT2D eigenvalue weighted by Crippen LogP contribution is 2.22. The lowest BCUT2D eigenvalue weighted by Crippen LogP contribution is -2.61. The Morgan fingerprint density at radius 1 is 1.73 bits per heavy atom. The molecule has 0 saturated carbocycles. The summed E-state index contributed by atoms with van der Waals surface area (Å²) in [6, 6.07) is 0. The van der Waals surface area contributed by atoms with Crippen LogP contribution in [0.1, 0.15) is 6.92 Å². The molecule has 1 N–H and O–H groups in total. The largest absolute Gasteiger partial charge is 0.368 e. The SMILES string of the molecule is CO[C@H]1C(=O)N[C@@H]1SC(C)=O. The Balaban J connectivity index is 2.38. The van der Waals surface area contributed by atoms with Crippen molar-refractivity contribution in [3.05, 3.63) is 0 Å². The summed E-state index contributed by atoms with van der Waals surface area (Å²) in [5, 5.41) is 2.35. The molecule has 1 heterocycles. The van der Waals surface area contributed by atoms with E-state index in [1.54, 1.807) is 0 Å². The standard InChI is InChI=1S/C6H9NO3S/c1-3(8)11-6-4(10-2)5(9)7-6/h4,6H,1-2H3,(H,7,9)/t4-,6+/m0/s1. The molecule has 62 valence electrons. The van der Waals surface area contributed by atoms with Gasteiger partial charge in [-0.15, -0.1) is 0 Å². The highest BCUT2D eigenvalue weighted by molar-refractivity contribution is 8.14. The first-order valence-electron chi connectivity index (χ1n) is 3.15. The van der Waals surface area contributed by atoms with Crippen molar-refractivity contribution in [3.63, 3.8) is 0 Å². The van der Waals surface area contributed by atoms with Gasteiger partial charge in [0.25, 0.3) is 5.91 Å². The van der Waals surface area contributed by atoms with Gasteiger partial charge in [-0.05, 0) is 0 Å². The molecule has 11 heavy (non-hydrogen) atoms. The monoisotopic (exact) mass is 175 g/mol. The van der Waals surface area contributed by atoms with E-state index < -0.39 is 6.10 Å². The molecular formula is C6H9NO3S. The van der Waals surface area contributed by atoms with Crippen LogP contribution in [0.15, 0.2) is 0 Å². The Morgan fingerprint density at radius 3 is 2.73 bits per heavy atom. The Morgan fingerprint density at radius 2 is 2.36 bits per heavy atom. The summed E-state index contributed by atoms with van der Waals surface area (Å²) in [4.78, 5) is 21.3. The number of carbonyl (C=O) groups excluding carboxylic acids is 2. The lowest BCUT2D eigenvalue weighted by atomic mass is 10.2. The quantitative estimate of drug-likeness (QED) is 0.587. The van der Waals surface area contributed by atoms with E-state index in [9.17, 15) is 9.59 Å². The Bertz CT molecular complexity index is 194. The van der Waals surface area contributed by atoms with Crippen LogP contribution in [0.25, 0.3) is 0 Å². The Labute approximate surface area is 68.7 Å². The molecule has 0 unspecified atom stereocenters. The van der Waals surface area contributed by atoms with Crippen LogP contribution in [0.5, 0.6) is 0 Å². The zero-order chi connectivity index (χ0) is 8.43. The van der Waals surface area contributed by atoms with Crippen LogP contribution in [0.3, 0.4) is 0 Å². The minimum atomic E-state index is -0.455. The zero-order valence-corrected chi connectivity index (χ0v) is 7.10. The van der Waals surface area contributed by atoms with Crippen molar-refractivity contribution < 1.29 is 14.3 Å². The smallest absolute Gasteiger partial charge is 0.253 e. The van der Waals surface area contributed by atoms with Crippen LogP contribution in [-0.2, 0) is 14.3 Å². The molecule has 1 amide bonds. The van der Waals surface area contributed by atoms with Crippen LogP contribution in [0.4, 0.5) is 0 Å². The van der Waals surface area contributed by atoms with Gasteiger partial charge in [0.2, 0.25) is 0 Å². The van der Waals surface area contributed by atoms with Crippen molar-refractivity contribution in [1.29, 1.82) is 0 Å². The first-order valence-corrected chi connectivity index (χ1v) is 4.03. The van der Waals surface area contributed by atoms with E-state index in [-0.39, 0.29) is 16.4 Å². The first kappa shape index (κ1) is 8.55. The maximum atomic E-state index is 10.7. The number of ether oxygens (including phenoxy) is 1. The second kappa shape index (κ2) is 3.23. The number of hydrogen-bond acceptors (Lipinski definition) is 4.